The molecule has 19 heavy (non-hydrogen) atoms. The molecular formula is C15H13ClFNO. The van der Waals surface area contributed by atoms with Crippen LogP contribution in [0.3, 0.4) is 0 Å². The van der Waals surface area contributed by atoms with Gasteiger partial charge in [0, 0.05) is 23.3 Å². The Balaban J connectivity index is 2.08. The van der Waals surface area contributed by atoms with Crippen LogP contribution in [-0.2, 0) is 0 Å². The van der Waals surface area contributed by atoms with Gasteiger partial charge in [0.25, 0.3) is 0 Å². The van der Waals surface area contributed by atoms with Crippen LogP contribution in [0.4, 0.5) is 10.1 Å². The summed E-state index contributed by atoms with van der Waals surface area (Å²) in [5.74, 6) is -0.355. The van der Waals surface area contributed by atoms with Gasteiger partial charge in [0.15, 0.2) is 5.78 Å². The molecule has 2 aromatic carbocycles. The Hall–Kier alpha value is -1.87. The molecule has 0 saturated heterocycles. The Morgan fingerprint density at radius 2 is 1.89 bits per heavy atom. The maximum atomic E-state index is 13.1. The Bertz CT molecular complexity index is 583. The molecule has 0 atom stereocenters. The molecule has 0 unspecified atom stereocenters. The minimum absolute atomic E-state index is 0.0385. The predicted octanol–water partition coefficient (Wildman–Crippen LogP) is 3.80. The second kappa shape index (κ2) is 5.85. The zero-order chi connectivity index (χ0) is 13.8. The van der Waals surface area contributed by atoms with Crippen molar-refractivity contribution in [2.45, 2.75) is 0 Å². The highest BCUT2D eigenvalue weighted by Gasteiger charge is 2.10. The van der Waals surface area contributed by atoms with Gasteiger partial charge in [0.2, 0.25) is 0 Å². The van der Waals surface area contributed by atoms with Crippen molar-refractivity contribution in [2.24, 2.45) is 0 Å². The zero-order valence-electron chi connectivity index (χ0n) is 10.4. The van der Waals surface area contributed by atoms with Crippen molar-refractivity contribution >= 4 is 23.1 Å². The molecule has 0 saturated carbocycles. The van der Waals surface area contributed by atoms with Gasteiger partial charge in [-0.1, -0.05) is 17.7 Å². The van der Waals surface area contributed by atoms with Gasteiger partial charge in [-0.15, -0.1) is 0 Å². The number of halogens is 2. The van der Waals surface area contributed by atoms with Gasteiger partial charge in [0.1, 0.15) is 5.82 Å². The van der Waals surface area contributed by atoms with E-state index in [0.717, 1.165) is 0 Å². The van der Waals surface area contributed by atoms with Gasteiger partial charge < -0.3 is 4.90 Å². The smallest absolute Gasteiger partial charge is 0.182 e. The standard InChI is InChI=1S/C15H13ClFNO/c1-18(14-4-2-3-13(17)9-14)10-15(19)11-5-7-12(16)8-6-11/h2-9H,10H2,1H3. The van der Waals surface area contributed by atoms with Crippen LogP contribution in [0.1, 0.15) is 10.4 Å². The molecule has 0 bridgehead atoms. The largest absolute Gasteiger partial charge is 0.367 e. The second-order valence-electron chi connectivity index (χ2n) is 4.27. The second-order valence-corrected chi connectivity index (χ2v) is 4.70. The van der Waals surface area contributed by atoms with E-state index in [0.29, 0.717) is 16.3 Å². The van der Waals surface area contributed by atoms with Crippen LogP contribution in [0.2, 0.25) is 5.02 Å². The van der Waals surface area contributed by atoms with Crippen molar-refractivity contribution in [2.75, 3.05) is 18.5 Å². The van der Waals surface area contributed by atoms with Gasteiger partial charge in [-0.25, -0.2) is 4.39 Å². The van der Waals surface area contributed by atoms with Crippen LogP contribution in [0.5, 0.6) is 0 Å². The summed E-state index contributed by atoms with van der Waals surface area (Å²) < 4.78 is 13.1. The number of nitrogens with zero attached hydrogens (tertiary/aromatic N) is 1. The molecule has 0 N–H and O–H groups in total. The lowest BCUT2D eigenvalue weighted by molar-refractivity contribution is 0.100. The molecule has 2 rings (SSSR count). The summed E-state index contributed by atoms with van der Waals surface area (Å²) in [4.78, 5) is 13.8. The first-order valence-corrected chi connectivity index (χ1v) is 6.19. The molecular weight excluding hydrogens is 265 g/mol. The molecule has 0 aliphatic carbocycles. The van der Waals surface area contributed by atoms with Gasteiger partial charge in [-0.3, -0.25) is 4.79 Å². The summed E-state index contributed by atoms with van der Waals surface area (Å²) in [6.07, 6.45) is 0. The van der Waals surface area contributed by atoms with Gasteiger partial charge >= 0.3 is 0 Å². The first kappa shape index (κ1) is 13.6. The minimum atomic E-state index is -0.316. The molecule has 4 heteroatoms. The average molecular weight is 278 g/mol. The molecule has 0 aromatic heterocycles. The third-order valence-electron chi connectivity index (χ3n) is 2.80. The van der Waals surface area contributed by atoms with Crippen LogP contribution in [0, 0.1) is 5.82 Å². The zero-order valence-corrected chi connectivity index (χ0v) is 11.2. The number of anilines is 1. The first-order valence-electron chi connectivity index (χ1n) is 5.82. The van der Waals surface area contributed by atoms with E-state index in [-0.39, 0.29) is 18.1 Å². The van der Waals surface area contributed by atoms with Gasteiger partial charge in [0.05, 0.1) is 6.54 Å². The summed E-state index contributed by atoms with van der Waals surface area (Å²) in [5, 5.41) is 0.593. The number of Topliss-reactive ketones (excluding diaryl/α,β-unsaturated/α-hetero) is 1. The van der Waals surface area contributed by atoms with Crippen LogP contribution in [0.25, 0.3) is 0 Å². The van der Waals surface area contributed by atoms with E-state index in [2.05, 4.69) is 0 Å². The van der Waals surface area contributed by atoms with Crippen LogP contribution in [-0.4, -0.2) is 19.4 Å². The van der Waals surface area contributed by atoms with Crippen molar-refractivity contribution in [1.29, 1.82) is 0 Å². The number of likely N-dealkylation sites (N-methyl/N-ethyl adjacent to an activating group) is 1. The molecule has 2 nitrogen and oxygen atoms in total. The monoisotopic (exact) mass is 277 g/mol. The number of hydrogen-bond donors (Lipinski definition) is 0. The molecule has 0 aliphatic heterocycles. The molecule has 0 fully saturated rings. The summed E-state index contributed by atoms with van der Waals surface area (Å²) in [7, 11) is 1.75. The highest BCUT2D eigenvalue weighted by atomic mass is 35.5. The number of ketones is 1. The molecule has 0 heterocycles. The summed E-state index contributed by atoms with van der Waals surface area (Å²) >= 11 is 5.77. The number of benzene rings is 2. The maximum absolute atomic E-state index is 13.1. The number of carbonyl (C=O) groups is 1. The normalized spacial score (nSPS) is 10.3. The van der Waals surface area contributed by atoms with Gasteiger partial charge in [-0.05, 0) is 42.5 Å². The number of rotatable bonds is 4. The van der Waals surface area contributed by atoms with E-state index in [4.69, 9.17) is 11.6 Å². The summed E-state index contributed by atoms with van der Waals surface area (Å²) in [6, 6.07) is 12.9. The molecule has 0 spiro atoms. The number of carbonyl (C=O) groups excluding carboxylic acids is 1. The maximum Gasteiger partial charge on any atom is 0.182 e. The van der Waals surface area contributed by atoms with E-state index >= 15 is 0 Å². The molecule has 0 amide bonds. The first-order chi connectivity index (χ1) is 9.06. The van der Waals surface area contributed by atoms with Crippen molar-refractivity contribution in [3.63, 3.8) is 0 Å². The Morgan fingerprint density at radius 3 is 2.53 bits per heavy atom. The predicted molar refractivity (Wildman–Crippen MR) is 75.5 cm³/mol. The third kappa shape index (κ3) is 3.55. The van der Waals surface area contributed by atoms with Crippen LogP contribution >= 0.6 is 11.6 Å². The highest BCUT2D eigenvalue weighted by molar-refractivity contribution is 6.30. The molecule has 0 aliphatic rings. The van der Waals surface area contributed by atoms with Crippen molar-refractivity contribution in [3.8, 4) is 0 Å². The highest BCUT2D eigenvalue weighted by Crippen LogP contribution is 2.15. The summed E-state index contributed by atoms with van der Waals surface area (Å²) in [6.45, 7) is 0.186. The van der Waals surface area contributed by atoms with E-state index in [9.17, 15) is 9.18 Å². The van der Waals surface area contributed by atoms with Crippen molar-refractivity contribution in [1.82, 2.24) is 0 Å². The Labute approximate surface area is 116 Å². The van der Waals surface area contributed by atoms with Crippen molar-refractivity contribution < 1.29 is 9.18 Å². The molecule has 2 aromatic rings. The fourth-order valence-electron chi connectivity index (χ4n) is 1.75. The number of hydrogen-bond acceptors (Lipinski definition) is 2. The molecule has 0 radical (unpaired) electrons. The van der Waals surface area contributed by atoms with Gasteiger partial charge in [-0.2, -0.15) is 0 Å². The third-order valence-corrected chi connectivity index (χ3v) is 3.05. The lowest BCUT2D eigenvalue weighted by Gasteiger charge is -2.18. The Kier molecular flexibility index (Phi) is 4.17. The SMILES string of the molecule is CN(CC(=O)c1ccc(Cl)cc1)c1cccc(F)c1. The summed E-state index contributed by atoms with van der Waals surface area (Å²) in [5.41, 5.74) is 1.26. The van der Waals surface area contributed by atoms with Crippen LogP contribution in [0.15, 0.2) is 48.5 Å². The minimum Gasteiger partial charge on any atom is -0.367 e. The molecule has 98 valence electrons. The lowest BCUT2D eigenvalue weighted by atomic mass is 10.1. The Morgan fingerprint density at radius 1 is 1.21 bits per heavy atom. The topological polar surface area (TPSA) is 20.3 Å². The fraction of sp³-hybridized carbons (Fsp3) is 0.133. The fourth-order valence-corrected chi connectivity index (χ4v) is 1.87. The van der Waals surface area contributed by atoms with E-state index in [1.807, 2.05) is 0 Å². The van der Waals surface area contributed by atoms with Crippen molar-refractivity contribution in [3.05, 3.63) is 64.9 Å². The van der Waals surface area contributed by atoms with E-state index in [1.54, 1.807) is 48.3 Å². The van der Waals surface area contributed by atoms with E-state index in [1.165, 1.54) is 12.1 Å². The van der Waals surface area contributed by atoms with Crippen LogP contribution < -0.4 is 4.90 Å². The quantitative estimate of drug-likeness (QED) is 0.793. The lowest BCUT2D eigenvalue weighted by Crippen LogP contribution is -2.25. The van der Waals surface area contributed by atoms with E-state index < -0.39 is 0 Å². The average Bonchev–Trinajstić information content (AvgIpc) is 2.39.